The quantitative estimate of drug-likeness (QED) is 0.831. The maximum atomic E-state index is 12.1. The third-order valence-electron chi connectivity index (χ3n) is 4.50. The Labute approximate surface area is 145 Å². The molecule has 0 atom stereocenters. The van der Waals surface area contributed by atoms with E-state index in [2.05, 4.69) is 37.1 Å². The third-order valence-corrected chi connectivity index (χ3v) is 4.50. The second-order valence-corrected chi connectivity index (χ2v) is 7.06. The largest absolute Gasteiger partial charge is 0.493 e. The molecule has 5 nitrogen and oxygen atoms in total. The van der Waals surface area contributed by atoms with Gasteiger partial charge in [0, 0.05) is 25.2 Å². The number of amides is 1. The van der Waals surface area contributed by atoms with E-state index < -0.39 is 0 Å². The van der Waals surface area contributed by atoms with Gasteiger partial charge in [-0.3, -0.25) is 9.69 Å². The number of carbonyl (C=O) groups is 1. The van der Waals surface area contributed by atoms with Crippen LogP contribution in [0.15, 0.2) is 18.2 Å². The van der Waals surface area contributed by atoms with Crippen LogP contribution in [-0.2, 0) is 9.53 Å². The average molecular weight is 334 g/mol. The molecule has 1 aromatic carbocycles. The van der Waals surface area contributed by atoms with E-state index in [9.17, 15) is 4.79 Å². The van der Waals surface area contributed by atoms with Crippen molar-refractivity contribution in [1.82, 2.24) is 10.2 Å². The lowest BCUT2D eigenvalue weighted by molar-refractivity contribution is -0.122. The van der Waals surface area contributed by atoms with Gasteiger partial charge in [0.15, 0.2) is 0 Å². The van der Waals surface area contributed by atoms with Crippen LogP contribution in [0.1, 0.15) is 31.4 Å². The molecule has 0 saturated carbocycles. The van der Waals surface area contributed by atoms with Gasteiger partial charge < -0.3 is 14.8 Å². The fourth-order valence-corrected chi connectivity index (χ4v) is 2.90. The molecular formula is C19H30N2O3. The van der Waals surface area contributed by atoms with Crippen molar-refractivity contribution in [1.29, 1.82) is 0 Å². The predicted octanol–water partition coefficient (Wildman–Crippen LogP) is 2.30. The van der Waals surface area contributed by atoms with Gasteiger partial charge in [0.1, 0.15) is 5.75 Å². The summed E-state index contributed by atoms with van der Waals surface area (Å²) in [7, 11) is 0. The van der Waals surface area contributed by atoms with Crippen LogP contribution in [0.5, 0.6) is 5.75 Å². The molecular weight excluding hydrogens is 304 g/mol. The van der Waals surface area contributed by atoms with E-state index in [1.165, 1.54) is 5.56 Å². The topological polar surface area (TPSA) is 50.8 Å². The first-order chi connectivity index (χ1) is 11.4. The number of hydrogen-bond acceptors (Lipinski definition) is 4. The first kappa shape index (κ1) is 18.7. The smallest absolute Gasteiger partial charge is 0.223 e. The Kier molecular flexibility index (Phi) is 6.63. The van der Waals surface area contributed by atoms with Crippen LogP contribution in [0.3, 0.4) is 0 Å². The lowest BCUT2D eigenvalue weighted by Crippen LogP contribution is -2.55. The van der Waals surface area contributed by atoms with E-state index in [1.807, 2.05) is 19.1 Å². The van der Waals surface area contributed by atoms with Crippen LogP contribution < -0.4 is 10.1 Å². The SMILES string of the molecule is Cc1ccc(OCCC(=O)NCC(C)(C)N2CCOCC2)c(C)c1. The van der Waals surface area contributed by atoms with Crippen molar-refractivity contribution in [2.75, 3.05) is 39.5 Å². The molecule has 1 aromatic rings. The Morgan fingerprint density at radius 3 is 2.67 bits per heavy atom. The van der Waals surface area contributed by atoms with E-state index in [4.69, 9.17) is 9.47 Å². The molecule has 2 rings (SSSR count). The molecule has 1 aliphatic rings. The van der Waals surface area contributed by atoms with E-state index in [1.54, 1.807) is 0 Å². The lowest BCUT2D eigenvalue weighted by atomic mass is 10.0. The highest BCUT2D eigenvalue weighted by atomic mass is 16.5. The summed E-state index contributed by atoms with van der Waals surface area (Å²) in [6.45, 7) is 12.8. The number of rotatable bonds is 7. The van der Waals surface area contributed by atoms with Crippen molar-refractivity contribution in [3.63, 3.8) is 0 Å². The van der Waals surface area contributed by atoms with Crippen molar-refractivity contribution in [3.05, 3.63) is 29.3 Å². The van der Waals surface area contributed by atoms with Gasteiger partial charge in [-0.2, -0.15) is 0 Å². The first-order valence-electron chi connectivity index (χ1n) is 8.68. The standard InChI is InChI=1S/C19H30N2O3/c1-15-5-6-17(16(2)13-15)24-10-7-18(22)20-14-19(3,4)21-8-11-23-12-9-21/h5-6,13H,7-12,14H2,1-4H3,(H,20,22). The molecule has 1 fully saturated rings. The van der Waals surface area contributed by atoms with Gasteiger partial charge in [-0.25, -0.2) is 0 Å². The number of nitrogens with zero attached hydrogens (tertiary/aromatic N) is 1. The van der Waals surface area contributed by atoms with Gasteiger partial charge in [-0.1, -0.05) is 17.7 Å². The van der Waals surface area contributed by atoms with Crippen LogP contribution in [0.4, 0.5) is 0 Å². The molecule has 1 heterocycles. The summed E-state index contributed by atoms with van der Waals surface area (Å²) in [6.07, 6.45) is 0.368. The summed E-state index contributed by atoms with van der Waals surface area (Å²) in [5.41, 5.74) is 2.25. The zero-order valence-electron chi connectivity index (χ0n) is 15.4. The Hall–Kier alpha value is -1.59. The van der Waals surface area contributed by atoms with Crippen molar-refractivity contribution in [2.24, 2.45) is 0 Å². The van der Waals surface area contributed by atoms with Crippen LogP contribution in [0, 0.1) is 13.8 Å². The van der Waals surface area contributed by atoms with Gasteiger partial charge in [-0.05, 0) is 39.3 Å². The summed E-state index contributed by atoms with van der Waals surface area (Å²) in [5.74, 6) is 0.878. The Balaban J connectivity index is 1.71. The summed E-state index contributed by atoms with van der Waals surface area (Å²) in [4.78, 5) is 14.4. The van der Waals surface area contributed by atoms with Gasteiger partial charge in [0.25, 0.3) is 0 Å². The highest BCUT2D eigenvalue weighted by molar-refractivity contribution is 5.76. The second kappa shape index (κ2) is 8.49. The molecule has 134 valence electrons. The maximum Gasteiger partial charge on any atom is 0.223 e. The summed E-state index contributed by atoms with van der Waals surface area (Å²) < 4.78 is 11.1. The molecule has 0 unspecified atom stereocenters. The van der Waals surface area contributed by atoms with Crippen molar-refractivity contribution in [3.8, 4) is 5.75 Å². The lowest BCUT2D eigenvalue weighted by Gasteiger charge is -2.40. The van der Waals surface area contributed by atoms with Crippen LogP contribution in [-0.4, -0.2) is 55.8 Å². The van der Waals surface area contributed by atoms with E-state index in [0.717, 1.165) is 37.6 Å². The summed E-state index contributed by atoms with van der Waals surface area (Å²) in [5, 5.41) is 3.03. The van der Waals surface area contributed by atoms with E-state index in [0.29, 0.717) is 19.6 Å². The Morgan fingerprint density at radius 1 is 1.29 bits per heavy atom. The molecule has 1 N–H and O–H groups in total. The molecule has 0 aliphatic carbocycles. The van der Waals surface area contributed by atoms with Gasteiger partial charge in [-0.15, -0.1) is 0 Å². The normalized spacial score (nSPS) is 16.0. The molecule has 0 radical (unpaired) electrons. The molecule has 24 heavy (non-hydrogen) atoms. The molecule has 5 heteroatoms. The predicted molar refractivity (Wildman–Crippen MR) is 95.5 cm³/mol. The number of hydrogen-bond donors (Lipinski definition) is 1. The monoisotopic (exact) mass is 334 g/mol. The number of nitrogens with one attached hydrogen (secondary N) is 1. The van der Waals surface area contributed by atoms with Crippen LogP contribution in [0.25, 0.3) is 0 Å². The molecule has 1 amide bonds. The number of benzene rings is 1. The van der Waals surface area contributed by atoms with Gasteiger partial charge >= 0.3 is 0 Å². The van der Waals surface area contributed by atoms with Crippen molar-refractivity contribution < 1.29 is 14.3 Å². The third kappa shape index (κ3) is 5.49. The average Bonchev–Trinajstić information content (AvgIpc) is 2.56. The second-order valence-electron chi connectivity index (χ2n) is 7.06. The Bertz CT molecular complexity index is 552. The number of ether oxygens (including phenoxy) is 2. The van der Waals surface area contributed by atoms with Crippen LogP contribution in [0.2, 0.25) is 0 Å². The van der Waals surface area contributed by atoms with Crippen molar-refractivity contribution >= 4 is 5.91 Å². The van der Waals surface area contributed by atoms with Crippen molar-refractivity contribution in [2.45, 2.75) is 39.7 Å². The first-order valence-corrected chi connectivity index (χ1v) is 8.68. The van der Waals surface area contributed by atoms with Crippen LogP contribution >= 0.6 is 0 Å². The minimum Gasteiger partial charge on any atom is -0.493 e. The molecule has 0 aromatic heterocycles. The minimum absolute atomic E-state index is 0.0288. The minimum atomic E-state index is -0.0617. The highest BCUT2D eigenvalue weighted by Gasteiger charge is 2.28. The fraction of sp³-hybridized carbons (Fsp3) is 0.632. The highest BCUT2D eigenvalue weighted by Crippen LogP contribution is 2.19. The number of carbonyl (C=O) groups excluding carboxylic acids is 1. The zero-order chi connectivity index (χ0) is 17.6. The summed E-state index contributed by atoms with van der Waals surface area (Å²) >= 11 is 0. The molecule has 1 saturated heterocycles. The van der Waals surface area contributed by atoms with Gasteiger partial charge in [0.2, 0.25) is 5.91 Å². The fourth-order valence-electron chi connectivity index (χ4n) is 2.90. The van der Waals surface area contributed by atoms with E-state index in [-0.39, 0.29) is 11.4 Å². The zero-order valence-corrected chi connectivity index (χ0v) is 15.4. The Morgan fingerprint density at radius 2 is 2.00 bits per heavy atom. The molecule has 0 bridgehead atoms. The number of morpholine rings is 1. The number of aryl methyl sites for hydroxylation is 2. The molecule has 1 aliphatic heterocycles. The summed E-state index contributed by atoms with van der Waals surface area (Å²) in [6, 6.07) is 6.07. The van der Waals surface area contributed by atoms with E-state index >= 15 is 0 Å². The maximum absolute atomic E-state index is 12.1. The molecule has 0 spiro atoms. The van der Waals surface area contributed by atoms with Gasteiger partial charge in [0.05, 0.1) is 26.2 Å².